The summed E-state index contributed by atoms with van der Waals surface area (Å²) in [6.45, 7) is -3.35. The lowest BCUT2D eigenvalue weighted by Gasteiger charge is -2.32. The van der Waals surface area contributed by atoms with Gasteiger partial charge in [-0.1, -0.05) is 29.8 Å². The van der Waals surface area contributed by atoms with E-state index in [4.69, 9.17) is 16.7 Å². The van der Waals surface area contributed by atoms with Gasteiger partial charge in [0.1, 0.15) is 11.2 Å². The van der Waals surface area contributed by atoms with Crippen molar-refractivity contribution in [1.82, 2.24) is 5.01 Å². The van der Waals surface area contributed by atoms with Crippen LogP contribution in [-0.2, 0) is 4.79 Å². The minimum Gasteiger partial charge on any atom is -0.478 e. The van der Waals surface area contributed by atoms with Crippen LogP contribution in [0.4, 0.5) is 23.2 Å². The lowest BCUT2D eigenvalue weighted by atomic mass is 10.1. The Hall–Kier alpha value is -1.80. The van der Waals surface area contributed by atoms with Crippen LogP contribution in [0.3, 0.4) is 0 Å². The highest BCUT2D eigenvalue weighted by Crippen LogP contribution is 2.40. The van der Waals surface area contributed by atoms with Crippen molar-refractivity contribution >= 4 is 23.3 Å². The normalized spacial score (nSPS) is 20.0. The van der Waals surface area contributed by atoms with Crippen LogP contribution in [0.15, 0.2) is 41.1 Å². The average Bonchev–Trinajstić information content (AvgIpc) is 2.73. The number of carboxylic acid groups (broad SMARTS) is 1. The van der Waals surface area contributed by atoms with Crippen molar-refractivity contribution in [3.63, 3.8) is 0 Å². The zero-order valence-corrected chi connectivity index (χ0v) is 11.0. The molecule has 0 fully saturated rings. The van der Waals surface area contributed by atoms with E-state index in [0.717, 1.165) is 0 Å². The van der Waals surface area contributed by atoms with Crippen molar-refractivity contribution in [1.29, 1.82) is 0 Å². The highest BCUT2D eigenvalue weighted by atomic mass is 35.5. The number of hydrazine groups is 1. The maximum Gasteiger partial charge on any atom is 0.336 e. The molecule has 4 nitrogen and oxygen atoms in total. The predicted molar refractivity (Wildman–Crippen MR) is 67.1 cm³/mol. The molecule has 1 unspecified atom stereocenters. The lowest BCUT2D eigenvalue weighted by molar-refractivity contribution is -0.135. The Morgan fingerprint density at radius 2 is 1.76 bits per heavy atom. The van der Waals surface area contributed by atoms with Crippen LogP contribution >= 0.6 is 11.6 Å². The summed E-state index contributed by atoms with van der Waals surface area (Å²) in [6, 6.07) is 4.94. The van der Waals surface area contributed by atoms with Gasteiger partial charge in [0.25, 0.3) is 6.43 Å². The number of hydrogen-bond donors (Lipinski definition) is 1. The Labute approximate surface area is 121 Å². The van der Waals surface area contributed by atoms with Crippen LogP contribution in [0.1, 0.15) is 0 Å². The van der Waals surface area contributed by atoms with Gasteiger partial charge in [0.05, 0.1) is 11.3 Å². The summed E-state index contributed by atoms with van der Waals surface area (Å²) in [4.78, 5) is 11.1. The number of rotatable bonds is 4. The van der Waals surface area contributed by atoms with Gasteiger partial charge in [-0.3, -0.25) is 5.01 Å². The Morgan fingerprint density at radius 1 is 1.19 bits per heavy atom. The molecule has 114 valence electrons. The summed E-state index contributed by atoms with van der Waals surface area (Å²) in [6.07, 6.45) is -3.34. The van der Waals surface area contributed by atoms with Crippen LogP contribution in [0.2, 0.25) is 0 Å². The summed E-state index contributed by atoms with van der Waals surface area (Å²) in [5.74, 6) is -1.77. The molecule has 1 aliphatic rings. The van der Waals surface area contributed by atoms with E-state index in [-0.39, 0.29) is 10.7 Å². The number of aliphatic carboxylic acids is 1. The van der Waals surface area contributed by atoms with E-state index in [2.05, 4.69) is 0 Å². The molecule has 1 heterocycles. The SMILES string of the molecule is O=C(O)C1=C(Cl)N(c2ccccc2)N(C(F)F)C1C(F)F. The van der Waals surface area contributed by atoms with Crippen LogP contribution in [0, 0.1) is 0 Å². The first-order chi connectivity index (χ1) is 9.86. The van der Waals surface area contributed by atoms with Gasteiger partial charge in [0, 0.05) is 0 Å². The molecule has 9 heteroatoms. The first-order valence-electron chi connectivity index (χ1n) is 5.69. The van der Waals surface area contributed by atoms with Crippen molar-refractivity contribution in [2.45, 2.75) is 19.0 Å². The number of hydrogen-bond acceptors (Lipinski definition) is 3. The quantitative estimate of drug-likeness (QED) is 0.683. The predicted octanol–water partition coefficient (Wildman–Crippen LogP) is 3.11. The molecular weight excluding hydrogens is 316 g/mol. The molecule has 0 spiro atoms. The second-order valence-electron chi connectivity index (χ2n) is 4.09. The van der Waals surface area contributed by atoms with E-state index >= 15 is 0 Å². The molecule has 0 aromatic heterocycles. The molecule has 0 aliphatic carbocycles. The van der Waals surface area contributed by atoms with Gasteiger partial charge in [-0.15, -0.1) is 5.01 Å². The number of carboxylic acids is 1. The molecule has 0 amide bonds. The van der Waals surface area contributed by atoms with Gasteiger partial charge in [0.2, 0.25) is 0 Å². The van der Waals surface area contributed by atoms with Crippen molar-refractivity contribution in [3.8, 4) is 0 Å². The monoisotopic (exact) mass is 324 g/mol. The molecule has 0 saturated carbocycles. The van der Waals surface area contributed by atoms with Crippen LogP contribution in [0.25, 0.3) is 0 Å². The number of anilines is 1. The molecule has 1 aliphatic heterocycles. The summed E-state index contributed by atoms with van der Waals surface area (Å²) in [7, 11) is 0. The maximum absolute atomic E-state index is 13.2. The van der Waals surface area contributed by atoms with E-state index in [1.165, 1.54) is 24.3 Å². The van der Waals surface area contributed by atoms with E-state index in [0.29, 0.717) is 5.01 Å². The molecular formula is C12H9ClF4N2O2. The van der Waals surface area contributed by atoms with E-state index in [1.807, 2.05) is 0 Å². The van der Waals surface area contributed by atoms with Gasteiger partial charge in [0.15, 0.2) is 0 Å². The third-order valence-electron chi connectivity index (χ3n) is 2.89. The fourth-order valence-electron chi connectivity index (χ4n) is 2.07. The van der Waals surface area contributed by atoms with Crippen molar-refractivity contribution < 1.29 is 27.5 Å². The zero-order valence-electron chi connectivity index (χ0n) is 10.3. The average molecular weight is 325 g/mol. The first kappa shape index (κ1) is 15.6. The topological polar surface area (TPSA) is 43.8 Å². The molecule has 1 atom stereocenters. The number of halogens is 5. The van der Waals surface area contributed by atoms with Gasteiger partial charge >= 0.3 is 12.5 Å². The smallest absolute Gasteiger partial charge is 0.336 e. The van der Waals surface area contributed by atoms with Crippen molar-refractivity contribution in [3.05, 3.63) is 41.1 Å². The van der Waals surface area contributed by atoms with Crippen LogP contribution in [0.5, 0.6) is 0 Å². The van der Waals surface area contributed by atoms with Gasteiger partial charge < -0.3 is 5.11 Å². The van der Waals surface area contributed by atoms with Gasteiger partial charge in [-0.2, -0.15) is 8.78 Å². The highest BCUT2D eigenvalue weighted by Gasteiger charge is 2.50. The number of nitrogens with zero attached hydrogens (tertiary/aromatic N) is 2. The lowest BCUT2D eigenvalue weighted by Crippen LogP contribution is -2.49. The van der Waals surface area contributed by atoms with Crippen LogP contribution < -0.4 is 5.01 Å². The fraction of sp³-hybridized carbons (Fsp3) is 0.250. The largest absolute Gasteiger partial charge is 0.478 e. The molecule has 0 radical (unpaired) electrons. The molecule has 1 aromatic carbocycles. The first-order valence-corrected chi connectivity index (χ1v) is 6.06. The fourth-order valence-corrected chi connectivity index (χ4v) is 2.45. The van der Waals surface area contributed by atoms with E-state index < -0.39 is 35.7 Å². The van der Waals surface area contributed by atoms with Gasteiger partial charge in [-0.05, 0) is 12.1 Å². The number of carbonyl (C=O) groups is 1. The number of benzene rings is 1. The second-order valence-corrected chi connectivity index (χ2v) is 4.45. The highest BCUT2D eigenvalue weighted by molar-refractivity contribution is 6.33. The van der Waals surface area contributed by atoms with Crippen molar-refractivity contribution in [2.24, 2.45) is 0 Å². The summed E-state index contributed by atoms with van der Waals surface area (Å²) in [5.41, 5.74) is -0.902. The third kappa shape index (κ3) is 2.68. The third-order valence-corrected chi connectivity index (χ3v) is 3.25. The minimum atomic E-state index is -3.35. The zero-order chi connectivity index (χ0) is 15.7. The Kier molecular flexibility index (Phi) is 4.38. The number of alkyl halides is 4. The van der Waals surface area contributed by atoms with E-state index in [9.17, 15) is 22.4 Å². The summed E-state index contributed by atoms with van der Waals surface area (Å²) in [5, 5.41) is 8.87. The minimum absolute atomic E-state index is 0.0359. The Balaban J connectivity index is 2.59. The molecule has 1 aromatic rings. The molecule has 1 N–H and O–H groups in total. The standard InChI is InChI=1S/C12H9ClF4N2O2/c13-9-7(11(20)21)8(10(14)15)19(12(16)17)18(9)6-4-2-1-3-5-6/h1-5,8,10,12H,(H,20,21). The summed E-state index contributed by atoms with van der Waals surface area (Å²) < 4.78 is 52.5. The van der Waals surface area contributed by atoms with Crippen molar-refractivity contribution in [2.75, 3.05) is 5.01 Å². The second kappa shape index (κ2) is 5.90. The maximum atomic E-state index is 13.2. The van der Waals surface area contributed by atoms with E-state index in [1.54, 1.807) is 6.07 Å². The molecule has 2 rings (SSSR count). The molecule has 0 saturated heterocycles. The molecule has 0 bridgehead atoms. The summed E-state index contributed by atoms with van der Waals surface area (Å²) >= 11 is 5.77. The van der Waals surface area contributed by atoms with Gasteiger partial charge in [-0.25, -0.2) is 13.6 Å². The molecule has 21 heavy (non-hydrogen) atoms. The Bertz CT molecular complexity index is 568. The Morgan fingerprint density at radius 3 is 2.19 bits per heavy atom. The number of para-hydroxylation sites is 1. The van der Waals surface area contributed by atoms with Crippen LogP contribution in [-0.4, -0.2) is 35.1 Å².